The molecular formula is C17H22N2. The van der Waals surface area contributed by atoms with Crippen LogP contribution in [-0.4, -0.2) is 20.1 Å². The van der Waals surface area contributed by atoms with Crippen LogP contribution >= 0.6 is 0 Å². The SMILES string of the molecule is CNCC1(CNCc2ccc3ccccc3c2)CC1. The molecule has 0 spiro atoms. The number of fused-ring (bicyclic) bond motifs is 1. The summed E-state index contributed by atoms with van der Waals surface area (Å²) in [5.74, 6) is 0. The monoisotopic (exact) mass is 254 g/mol. The van der Waals surface area contributed by atoms with Crippen molar-refractivity contribution in [3.05, 3.63) is 48.0 Å². The summed E-state index contributed by atoms with van der Waals surface area (Å²) in [4.78, 5) is 0. The van der Waals surface area contributed by atoms with Crippen LogP contribution in [0.3, 0.4) is 0 Å². The zero-order valence-corrected chi connectivity index (χ0v) is 11.6. The van der Waals surface area contributed by atoms with Gasteiger partial charge in [-0.3, -0.25) is 0 Å². The predicted molar refractivity (Wildman–Crippen MR) is 81.2 cm³/mol. The second kappa shape index (κ2) is 5.32. The summed E-state index contributed by atoms with van der Waals surface area (Å²) in [6.45, 7) is 3.23. The van der Waals surface area contributed by atoms with Gasteiger partial charge in [0.15, 0.2) is 0 Å². The average molecular weight is 254 g/mol. The highest BCUT2D eigenvalue weighted by atomic mass is 14.9. The van der Waals surface area contributed by atoms with Crippen LogP contribution in [0.4, 0.5) is 0 Å². The summed E-state index contributed by atoms with van der Waals surface area (Å²) in [7, 11) is 2.05. The summed E-state index contributed by atoms with van der Waals surface area (Å²) in [5.41, 5.74) is 1.91. The molecule has 2 nitrogen and oxygen atoms in total. The topological polar surface area (TPSA) is 24.1 Å². The number of rotatable bonds is 6. The predicted octanol–water partition coefficient (Wildman–Crippen LogP) is 2.93. The smallest absolute Gasteiger partial charge is 0.0205 e. The molecule has 0 bridgehead atoms. The molecular weight excluding hydrogens is 232 g/mol. The standard InChI is InChI=1S/C17H22N2/c1-18-12-17(8-9-17)13-19-11-14-6-7-15-4-2-3-5-16(15)10-14/h2-7,10,18-19H,8-9,11-13H2,1H3. The second-order valence-electron chi connectivity index (χ2n) is 5.82. The van der Waals surface area contributed by atoms with Crippen LogP contribution in [0.1, 0.15) is 18.4 Å². The first kappa shape index (κ1) is 12.6. The maximum absolute atomic E-state index is 3.61. The summed E-state index contributed by atoms with van der Waals surface area (Å²) >= 11 is 0. The number of hydrogen-bond acceptors (Lipinski definition) is 2. The van der Waals surface area contributed by atoms with E-state index in [0.29, 0.717) is 5.41 Å². The Morgan fingerprint density at radius 3 is 2.53 bits per heavy atom. The van der Waals surface area contributed by atoms with E-state index in [1.807, 2.05) is 7.05 Å². The molecule has 1 saturated carbocycles. The molecule has 2 aromatic rings. The van der Waals surface area contributed by atoms with Gasteiger partial charge in [0.2, 0.25) is 0 Å². The fourth-order valence-electron chi connectivity index (χ4n) is 2.79. The summed E-state index contributed by atoms with van der Waals surface area (Å²) in [5, 5.41) is 9.57. The Morgan fingerprint density at radius 2 is 1.79 bits per heavy atom. The van der Waals surface area contributed by atoms with Crippen LogP contribution in [0.5, 0.6) is 0 Å². The van der Waals surface area contributed by atoms with Crippen molar-refractivity contribution in [1.29, 1.82) is 0 Å². The Bertz CT molecular complexity index is 558. The minimum absolute atomic E-state index is 0.533. The van der Waals surface area contributed by atoms with Crippen molar-refractivity contribution >= 4 is 10.8 Å². The van der Waals surface area contributed by atoms with Gasteiger partial charge in [-0.05, 0) is 47.7 Å². The third-order valence-electron chi connectivity index (χ3n) is 4.15. The maximum Gasteiger partial charge on any atom is 0.0205 e. The lowest BCUT2D eigenvalue weighted by Gasteiger charge is -2.15. The summed E-state index contributed by atoms with van der Waals surface area (Å²) in [6.07, 6.45) is 2.72. The van der Waals surface area contributed by atoms with Crippen molar-refractivity contribution in [3.63, 3.8) is 0 Å². The average Bonchev–Trinajstić information content (AvgIpc) is 3.19. The minimum Gasteiger partial charge on any atom is -0.319 e. The minimum atomic E-state index is 0.533. The van der Waals surface area contributed by atoms with Crippen LogP contribution in [0.25, 0.3) is 10.8 Å². The van der Waals surface area contributed by atoms with Gasteiger partial charge in [0.05, 0.1) is 0 Å². The fourth-order valence-corrected chi connectivity index (χ4v) is 2.79. The largest absolute Gasteiger partial charge is 0.319 e. The van der Waals surface area contributed by atoms with Crippen molar-refractivity contribution in [1.82, 2.24) is 10.6 Å². The Kier molecular flexibility index (Phi) is 3.54. The molecule has 0 atom stereocenters. The van der Waals surface area contributed by atoms with Crippen LogP contribution in [0.2, 0.25) is 0 Å². The molecule has 1 aliphatic rings. The Balaban J connectivity index is 1.59. The van der Waals surface area contributed by atoms with Crippen LogP contribution < -0.4 is 10.6 Å². The van der Waals surface area contributed by atoms with Gasteiger partial charge < -0.3 is 10.6 Å². The number of benzene rings is 2. The maximum atomic E-state index is 3.61. The van der Waals surface area contributed by atoms with E-state index in [9.17, 15) is 0 Å². The quantitative estimate of drug-likeness (QED) is 0.828. The molecule has 3 rings (SSSR count). The highest BCUT2D eigenvalue weighted by Gasteiger charge is 2.41. The van der Waals surface area contributed by atoms with E-state index in [4.69, 9.17) is 0 Å². The molecule has 0 heterocycles. The molecule has 0 unspecified atom stereocenters. The first-order chi connectivity index (χ1) is 9.31. The van der Waals surface area contributed by atoms with Crippen LogP contribution in [0, 0.1) is 5.41 Å². The van der Waals surface area contributed by atoms with Crippen LogP contribution in [0.15, 0.2) is 42.5 Å². The second-order valence-corrected chi connectivity index (χ2v) is 5.82. The van der Waals surface area contributed by atoms with E-state index >= 15 is 0 Å². The fraction of sp³-hybridized carbons (Fsp3) is 0.412. The molecule has 0 aromatic heterocycles. The molecule has 0 radical (unpaired) electrons. The molecule has 2 N–H and O–H groups in total. The van der Waals surface area contributed by atoms with E-state index in [0.717, 1.165) is 19.6 Å². The van der Waals surface area contributed by atoms with E-state index in [2.05, 4.69) is 53.1 Å². The normalized spacial score (nSPS) is 16.7. The van der Waals surface area contributed by atoms with Gasteiger partial charge in [-0.25, -0.2) is 0 Å². The lowest BCUT2D eigenvalue weighted by atomic mass is 10.1. The molecule has 19 heavy (non-hydrogen) atoms. The molecule has 2 aromatic carbocycles. The third-order valence-corrected chi connectivity index (χ3v) is 4.15. The Labute approximate surface area is 115 Å². The van der Waals surface area contributed by atoms with Gasteiger partial charge in [0, 0.05) is 19.6 Å². The highest BCUT2D eigenvalue weighted by Crippen LogP contribution is 2.44. The van der Waals surface area contributed by atoms with Crippen molar-refractivity contribution in [2.75, 3.05) is 20.1 Å². The molecule has 0 aliphatic heterocycles. The highest BCUT2D eigenvalue weighted by molar-refractivity contribution is 5.82. The molecule has 100 valence electrons. The van der Waals surface area contributed by atoms with Gasteiger partial charge in [-0.2, -0.15) is 0 Å². The number of hydrogen-bond donors (Lipinski definition) is 2. The van der Waals surface area contributed by atoms with Crippen molar-refractivity contribution in [2.45, 2.75) is 19.4 Å². The Hall–Kier alpha value is -1.38. The van der Waals surface area contributed by atoms with E-state index in [1.165, 1.54) is 29.2 Å². The first-order valence-corrected chi connectivity index (χ1v) is 7.14. The Morgan fingerprint density at radius 1 is 1.00 bits per heavy atom. The first-order valence-electron chi connectivity index (χ1n) is 7.14. The van der Waals surface area contributed by atoms with Gasteiger partial charge >= 0.3 is 0 Å². The van der Waals surface area contributed by atoms with Gasteiger partial charge in [-0.15, -0.1) is 0 Å². The lowest BCUT2D eigenvalue weighted by Crippen LogP contribution is -2.31. The summed E-state index contributed by atoms with van der Waals surface area (Å²) < 4.78 is 0. The number of nitrogens with one attached hydrogen (secondary N) is 2. The molecule has 2 heteroatoms. The van der Waals surface area contributed by atoms with Gasteiger partial charge in [-0.1, -0.05) is 36.4 Å². The van der Waals surface area contributed by atoms with E-state index in [-0.39, 0.29) is 0 Å². The lowest BCUT2D eigenvalue weighted by molar-refractivity contribution is 0.439. The van der Waals surface area contributed by atoms with Gasteiger partial charge in [0.1, 0.15) is 0 Å². The van der Waals surface area contributed by atoms with E-state index < -0.39 is 0 Å². The van der Waals surface area contributed by atoms with E-state index in [1.54, 1.807) is 0 Å². The zero-order valence-electron chi connectivity index (χ0n) is 11.6. The molecule has 1 fully saturated rings. The van der Waals surface area contributed by atoms with Crippen molar-refractivity contribution in [3.8, 4) is 0 Å². The van der Waals surface area contributed by atoms with Crippen LogP contribution in [-0.2, 0) is 6.54 Å². The van der Waals surface area contributed by atoms with Crippen molar-refractivity contribution < 1.29 is 0 Å². The van der Waals surface area contributed by atoms with Gasteiger partial charge in [0.25, 0.3) is 0 Å². The zero-order chi connectivity index (χ0) is 13.1. The summed E-state index contributed by atoms with van der Waals surface area (Å²) in [6, 6.07) is 15.3. The third kappa shape index (κ3) is 2.96. The molecule has 1 aliphatic carbocycles. The molecule has 0 amide bonds. The molecule has 0 saturated heterocycles. The van der Waals surface area contributed by atoms with Crippen molar-refractivity contribution in [2.24, 2.45) is 5.41 Å².